The van der Waals surface area contributed by atoms with Gasteiger partial charge in [0.15, 0.2) is 0 Å². The number of rotatable bonds is 15. The summed E-state index contributed by atoms with van der Waals surface area (Å²) >= 11 is 0. The highest BCUT2D eigenvalue weighted by Crippen LogP contribution is 2.20. The number of ether oxygens (including phenoxy) is 2. The van der Waals surface area contributed by atoms with Crippen LogP contribution in [-0.4, -0.2) is 106 Å². The van der Waals surface area contributed by atoms with E-state index in [4.69, 9.17) is 6.42 Å². The number of benzene rings is 2. The van der Waals surface area contributed by atoms with E-state index in [2.05, 4.69) is 57.9 Å². The number of carbonyl (C=O) groups excluding carboxylic acids is 5. The summed E-state index contributed by atoms with van der Waals surface area (Å²) < 4.78 is 9.04. The van der Waals surface area contributed by atoms with Crippen LogP contribution in [0.5, 0.6) is 0 Å². The third-order valence-electron chi connectivity index (χ3n) is 7.63. The number of alkyl carbamates (subject to hydrolysis) is 2. The van der Waals surface area contributed by atoms with Gasteiger partial charge in [0, 0.05) is 23.7 Å². The highest BCUT2D eigenvalue weighted by Gasteiger charge is 2.20. The maximum absolute atomic E-state index is 12.8. The van der Waals surface area contributed by atoms with Gasteiger partial charge in [-0.15, -0.1) is 0 Å². The van der Waals surface area contributed by atoms with E-state index in [0.717, 1.165) is 39.3 Å². The molecule has 0 saturated heterocycles. The molecule has 274 valence electrons. The molecule has 2 heterocycles. The first-order valence-corrected chi connectivity index (χ1v) is 16.3. The van der Waals surface area contributed by atoms with E-state index >= 15 is 0 Å². The van der Waals surface area contributed by atoms with E-state index in [0.29, 0.717) is 30.3 Å². The molecule has 0 aliphatic rings. The summed E-state index contributed by atoms with van der Waals surface area (Å²) in [5.41, 5.74) is 4.83. The Morgan fingerprint density at radius 1 is 0.774 bits per heavy atom. The van der Waals surface area contributed by atoms with E-state index in [-0.39, 0.29) is 38.8 Å². The Morgan fingerprint density at radius 2 is 1.23 bits per heavy atom. The molecule has 0 spiro atoms. The Balaban J connectivity index is 1.36. The van der Waals surface area contributed by atoms with Gasteiger partial charge in [-0.2, -0.15) is 0 Å². The zero-order valence-electron chi connectivity index (χ0n) is 29.5. The summed E-state index contributed by atoms with van der Waals surface area (Å²) in [7, 11) is 2.42. The van der Waals surface area contributed by atoms with Crippen LogP contribution in [0.3, 0.4) is 0 Å². The fraction of sp³-hybridized carbons (Fsp3) is 0.270. The molecule has 0 atom stereocenters. The fourth-order valence-electron chi connectivity index (χ4n) is 4.88. The molecule has 4 rings (SSSR count). The minimum Gasteiger partial charge on any atom is -0.453 e. The third-order valence-corrected chi connectivity index (χ3v) is 7.63. The van der Waals surface area contributed by atoms with Crippen molar-refractivity contribution < 1.29 is 33.4 Å². The molecule has 4 aromatic rings. The third kappa shape index (κ3) is 11.5. The minimum absolute atomic E-state index is 0.00612. The monoisotopic (exact) mass is 721 g/mol. The summed E-state index contributed by atoms with van der Waals surface area (Å²) in [6, 6.07) is 17.4. The number of hydrogen-bond acceptors (Lipinski definition) is 9. The van der Waals surface area contributed by atoms with Gasteiger partial charge in [-0.05, 0) is 41.8 Å². The molecule has 0 aliphatic carbocycles. The largest absolute Gasteiger partial charge is 0.453 e. The van der Waals surface area contributed by atoms with Crippen LogP contribution in [0.4, 0.5) is 9.59 Å². The Kier molecular flexibility index (Phi) is 14.1. The summed E-state index contributed by atoms with van der Waals surface area (Å²) in [5, 5.41) is 4.73. The van der Waals surface area contributed by atoms with Crippen molar-refractivity contribution in [2.24, 2.45) is 0 Å². The Labute approximate surface area is 306 Å². The highest BCUT2D eigenvalue weighted by molar-refractivity contribution is 5.83. The first-order valence-electron chi connectivity index (χ1n) is 16.3. The van der Waals surface area contributed by atoms with Gasteiger partial charge in [-0.3, -0.25) is 19.3 Å². The van der Waals surface area contributed by atoms with Crippen LogP contribution in [-0.2, 0) is 36.9 Å². The lowest BCUT2D eigenvalue weighted by molar-refractivity contribution is -0.134. The number of nitrogens with zero attached hydrogens (tertiary/aromatic N) is 5. The zero-order valence-corrected chi connectivity index (χ0v) is 29.5. The smallest absolute Gasteiger partial charge is 0.407 e. The molecule has 2 aromatic carbocycles. The molecule has 2 aromatic heterocycles. The van der Waals surface area contributed by atoms with Crippen LogP contribution >= 0.6 is 0 Å². The quantitative estimate of drug-likeness (QED) is 0.0618. The SMILES string of the molecule is C#CN(C=O)CN(Cc1ncc(-c2ccc(C#Cc3ccc(-c4cnc(CN(CCC)C(=O)CNC(=O)OC)[nH]4)cc3)cc2)[nH]1)C(=O)CNC(=O)OC. The van der Waals surface area contributed by atoms with E-state index < -0.39 is 18.1 Å². The Bertz CT molecular complexity index is 1990. The predicted octanol–water partition coefficient (Wildman–Crippen LogP) is 2.65. The second kappa shape index (κ2) is 19.4. The van der Waals surface area contributed by atoms with E-state index in [9.17, 15) is 24.0 Å². The van der Waals surface area contributed by atoms with Crippen molar-refractivity contribution in [2.45, 2.75) is 26.4 Å². The Morgan fingerprint density at radius 3 is 1.64 bits per heavy atom. The number of imidazole rings is 2. The first kappa shape index (κ1) is 38.7. The molecule has 16 nitrogen and oxygen atoms in total. The van der Waals surface area contributed by atoms with Crippen LogP contribution in [0.25, 0.3) is 22.5 Å². The van der Waals surface area contributed by atoms with Crippen LogP contribution in [0.15, 0.2) is 60.9 Å². The van der Waals surface area contributed by atoms with Crippen molar-refractivity contribution >= 4 is 30.4 Å². The lowest BCUT2D eigenvalue weighted by Gasteiger charge is -2.24. The highest BCUT2D eigenvalue weighted by atomic mass is 16.5. The molecule has 53 heavy (non-hydrogen) atoms. The molecule has 4 N–H and O–H groups in total. The molecule has 0 unspecified atom stereocenters. The second-order valence-electron chi connectivity index (χ2n) is 11.3. The zero-order chi connectivity index (χ0) is 38.2. The summed E-state index contributed by atoms with van der Waals surface area (Å²) in [4.78, 5) is 78.5. The number of nitrogens with one attached hydrogen (secondary N) is 4. The van der Waals surface area contributed by atoms with Gasteiger partial charge < -0.3 is 39.9 Å². The van der Waals surface area contributed by atoms with Crippen molar-refractivity contribution in [2.75, 3.05) is 40.5 Å². The average Bonchev–Trinajstić information content (AvgIpc) is 3.86. The number of aromatic amines is 2. The fourth-order valence-corrected chi connectivity index (χ4v) is 4.88. The van der Waals surface area contributed by atoms with Crippen molar-refractivity contribution in [1.29, 1.82) is 0 Å². The Hall–Kier alpha value is -7.07. The van der Waals surface area contributed by atoms with Gasteiger partial charge in [-0.1, -0.05) is 49.5 Å². The first-order chi connectivity index (χ1) is 25.7. The van der Waals surface area contributed by atoms with Crippen LogP contribution < -0.4 is 10.6 Å². The predicted molar refractivity (Wildman–Crippen MR) is 193 cm³/mol. The van der Waals surface area contributed by atoms with Gasteiger partial charge in [0.05, 0.1) is 51.1 Å². The lowest BCUT2D eigenvalue weighted by Crippen LogP contribution is -2.44. The molecule has 0 saturated carbocycles. The molecule has 0 fully saturated rings. The molecular formula is C37H39N9O7. The van der Waals surface area contributed by atoms with Gasteiger partial charge in [-0.25, -0.2) is 19.6 Å². The molecule has 0 aliphatic heterocycles. The van der Waals surface area contributed by atoms with Gasteiger partial charge in [0.2, 0.25) is 18.2 Å². The number of H-pyrrole nitrogens is 2. The standard InChI is InChI=1S/C37H39N9O7/c1-5-17-45(34(48)20-40-36(50)52-3)22-32-38-18-30(42-32)28-13-9-26(10-14-28)7-8-27-11-15-29(16-12-27)31-19-39-33(43-31)23-46(24-44(6-2)25-47)35(49)21-41-37(51)53-4/h2,9-16,18-19,25H,5,17,20-24H2,1,3-4H3,(H,38,42)(H,39,43)(H,40,50)(H,41,51). The van der Waals surface area contributed by atoms with Crippen molar-refractivity contribution in [3.63, 3.8) is 0 Å². The van der Waals surface area contributed by atoms with Gasteiger partial charge in [0.1, 0.15) is 31.4 Å². The number of methoxy groups -OCH3 is 2. The van der Waals surface area contributed by atoms with E-state index in [1.165, 1.54) is 19.1 Å². The minimum atomic E-state index is -0.773. The lowest BCUT2D eigenvalue weighted by atomic mass is 10.1. The number of carbonyl (C=O) groups is 5. The van der Waals surface area contributed by atoms with Crippen LogP contribution in [0.2, 0.25) is 0 Å². The molecule has 16 heteroatoms. The van der Waals surface area contributed by atoms with E-state index in [1.807, 2.05) is 55.5 Å². The van der Waals surface area contributed by atoms with Crippen molar-refractivity contribution in [3.8, 4) is 46.8 Å². The van der Waals surface area contributed by atoms with Gasteiger partial charge in [0.25, 0.3) is 0 Å². The van der Waals surface area contributed by atoms with Gasteiger partial charge >= 0.3 is 12.2 Å². The van der Waals surface area contributed by atoms with Crippen molar-refractivity contribution in [1.82, 2.24) is 45.3 Å². The molecule has 0 radical (unpaired) electrons. The summed E-state index contributed by atoms with van der Waals surface area (Å²) in [6.07, 6.45) is 8.41. The summed E-state index contributed by atoms with van der Waals surface area (Å²) in [6.45, 7) is 2.00. The maximum Gasteiger partial charge on any atom is 0.407 e. The maximum atomic E-state index is 12.8. The number of amides is 5. The van der Waals surface area contributed by atoms with Crippen molar-refractivity contribution in [3.05, 3.63) is 83.7 Å². The average molecular weight is 722 g/mol. The number of aromatic nitrogens is 4. The molecule has 0 bridgehead atoms. The number of hydrogen-bond donors (Lipinski definition) is 4. The molecular weight excluding hydrogens is 682 g/mol. The topological polar surface area (TPSA) is 195 Å². The normalized spacial score (nSPS) is 10.2. The second-order valence-corrected chi connectivity index (χ2v) is 11.3. The van der Waals surface area contributed by atoms with E-state index in [1.54, 1.807) is 17.3 Å². The molecule has 5 amide bonds. The van der Waals surface area contributed by atoms with Crippen LogP contribution in [0, 0.1) is 24.3 Å². The van der Waals surface area contributed by atoms with Crippen LogP contribution in [0.1, 0.15) is 36.1 Å². The number of terminal acetylenes is 1. The summed E-state index contributed by atoms with van der Waals surface area (Å²) in [5.74, 6) is 6.64.